The molecular weight excluding hydrogens is 227 g/mol. The molecule has 0 saturated heterocycles. The molecule has 0 heterocycles. The summed E-state index contributed by atoms with van der Waals surface area (Å²) in [6.45, 7) is 1.34. The van der Waals surface area contributed by atoms with E-state index in [1.807, 2.05) is 0 Å². The number of hydrogen-bond acceptors (Lipinski definition) is 2. The van der Waals surface area contributed by atoms with Gasteiger partial charge in [-0.25, -0.2) is 0 Å². The Morgan fingerprint density at radius 3 is 2.50 bits per heavy atom. The molecule has 16 heavy (non-hydrogen) atoms. The van der Waals surface area contributed by atoms with Crippen LogP contribution >= 0.6 is 0 Å². The summed E-state index contributed by atoms with van der Waals surface area (Å²) >= 11 is 0. The maximum atomic E-state index is 11.8. The van der Waals surface area contributed by atoms with Crippen molar-refractivity contribution in [3.63, 3.8) is 0 Å². The van der Waals surface area contributed by atoms with Crippen molar-refractivity contribution in [2.45, 2.75) is 32.0 Å². The van der Waals surface area contributed by atoms with Gasteiger partial charge in [-0.1, -0.05) is 0 Å². The van der Waals surface area contributed by atoms with E-state index in [0.29, 0.717) is 6.21 Å². The third kappa shape index (κ3) is 5.92. The fraction of sp³-hybridized carbons (Fsp3) is 0.625. The lowest BCUT2D eigenvalue weighted by Gasteiger charge is -2.13. The number of nitrogens with zero attached hydrogens (tertiary/aromatic N) is 2. The molecule has 0 bridgehead atoms. The molecule has 0 fully saturated rings. The number of amides is 1. The van der Waals surface area contributed by atoms with Crippen molar-refractivity contribution in [2.75, 3.05) is 0 Å². The lowest BCUT2D eigenvalue weighted by atomic mass is 10.1. The molecule has 1 N–H and O–H groups in total. The van der Waals surface area contributed by atoms with E-state index in [0.717, 1.165) is 0 Å². The zero-order valence-electron chi connectivity index (χ0n) is 8.41. The molecule has 1 amide bonds. The van der Waals surface area contributed by atoms with Crippen LogP contribution in [0.3, 0.4) is 0 Å². The molecule has 5 nitrogen and oxygen atoms in total. The van der Waals surface area contributed by atoms with Gasteiger partial charge in [0.05, 0.1) is 0 Å². The molecule has 90 valence electrons. The number of carbonyl (C=O) groups excluding carboxylic acids is 2. The molecule has 0 aliphatic carbocycles. The topological polar surface area (TPSA) is 82.6 Å². The minimum atomic E-state index is -4.93. The van der Waals surface area contributed by atoms with Gasteiger partial charge in [-0.15, -0.1) is 0 Å². The van der Waals surface area contributed by atoms with Crippen molar-refractivity contribution in [3.8, 4) is 0 Å². The lowest BCUT2D eigenvalue weighted by Crippen LogP contribution is -2.42. The second-order valence-corrected chi connectivity index (χ2v) is 3.12. The molecule has 0 rings (SSSR count). The number of hydrogen-bond donors (Lipinski definition) is 1. The largest absolute Gasteiger partial charge is 0.471 e. The van der Waals surface area contributed by atoms with E-state index >= 15 is 0 Å². The Balaban J connectivity index is 4.01. The van der Waals surface area contributed by atoms with E-state index in [2.05, 4.69) is 4.79 Å². The van der Waals surface area contributed by atoms with E-state index in [9.17, 15) is 22.8 Å². The Morgan fingerprint density at radius 1 is 1.50 bits per heavy atom. The van der Waals surface area contributed by atoms with Crippen LogP contribution in [0.5, 0.6) is 0 Å². The van der Waals surface area contributed by atoms with Crippen molar-refractivity contribution in [2.24, 2.45) is 0 Å². The van der Waals surface area contributed by atoms with Crippen molar-refractivity contribution >= 4 is 17.9 Å². The van der Waals surface area contributed by atoms with Gasteiger partial charge in [0.2, 0.25) is 5.78 Å². The van der Waals surface area contributed by atoms with Crippen molar-refractivity contribution in [3.05, 3.63) is 5.53 Å². The van der Waals surface area contributed by atoms with Gasteiger partial charge < -0.3 is 10.8 Å². The normalized spacial score (nSPS) is 12.5. The van der Waals surface area contributed by atoms with Gasteiger partial charge in [0, 0.05) is 12.5 Å². The number of nitrogens with one attached hydrogen (secondary N) is 1. The van der Waals surface area contributed by atoms with Gasteiger partial charge in [0.15, 0.2) is 0 Å². The highest BCUT2D eigenvalue weighted by atomic mass is 19.4. The van der Waals surface area contributed by atoms with E-state index in [1.165, 1.54) is 6.92 Å². The first-order valence-electron chi connectivity index (χ1n) is 4.35. The second-order valence-electron chi connectivity index (χ2n) is 3.12. The Bertz CT molecular complexity index is 321. The smallest absolute Gasteiger partial charge is 0.361 e. The summed E-state index contributed by atoms with van der Waals surface area (Å²) in [6.07, 6.45) is -4.35. The van der Waals surface area contributed by atoms with Crippen molar-refractivity contribution in [1.29, 1.82) is 0 Å². The fourth-order valence-electron chi connectivity index (χ4n) is 0.866. The van der Waals surface area contributed by atoms with Crippen LogP contribution in [0.15, 0.2) is 0 Å². The maximum absolute atomic E-state index is 11.8. The summed E-state index contributed by atoms with van der Waals surface area (Å²) in [5, 5.41) is 1.69. The monoisotopic (exact) mass is 237 g/mol. The molecule has 0 aromatic rings. The minimum absolute atomic E-state index is 0.0344. The first-order valence-corrected chi connectivity index (χ1v) is 4.35. The molecule has 0 aromatic heterocycles. The zero-order valence-corrected chi connectivity index (χ0v) is 8.41. The Hall–Kier alpha value is -1.69. The fourth-order valence-corrected chi connectivity index (χ4v) is 0.866. The molecule has 0 saturated carbocycles. The number of alkyl halides is 3. The number of Topliss-reactive ketones (excluding diaryl/α,β-unsaturated/α-hetero) is 1. The number of carbonyl (C=O) groups is 2. The number of ketones is 1. The quantitative estimate of drug-likeness (QED) is 0.433. The molecule has 8 heteroatoms. The highest BCUT2D eigenvalue weighted by Crippen LogP contribution is 2.14. The van der Waals surface area contributed by atoms with E-state index in [1.54, 1.807) is 5.32 Å². The Labute approximate surface area is 89.2 Å². The molecular formula is C8H10F3N3O2. The van der Waals surface area contributed by atoms with Crippen LogP contribution in [0.1, 0.15) is 19.8 Å². The van der Waals surface area contributed by atoms with Crippen LogP contribution in [-0.2, 0) is 9.59 Å². The van der Waals surface area contributed by atoms with E-state index in [-0.39, 0.29) is 12.8 Å². The van der Waals surface area contributed by atoms with Crippen LogP contribution in [0, 0.1) is 0 Å². The van der Waals surface area contributed by atoms with Crippen LogP contribution in [-0.4, -0.2) is 34.9 Å². The lowest BCUT2D eigenvalue weighted by molar-refractivity contribution is -0.174. The first kappa shape index (κ1) is 14.3. The van der Waals surface area contributed by atoms with Crippen LogP contribution in [0.25, 0.3) is 5.53 Å². The summed E-state index contributed by atoms with van der Waals surface area (Å²) < 4.78 is 35.4. The average Bonchev–Trinajstić information content (AvgIpc) is 2.13. The predicted octanol–water partition coefficient (Wildman–Crippen LogP) is 0.703. The van der Waals surface area contributed by atoms with E-state index in [4.69, 9.17) is 5.53 Å². The third-order valence-corrected chi connectivity index (χ3v) is 1.66. The highest BCUT2D eigenvalue weighted by Gasteiger charge is 2.39. The third-order valence-electron chi connectivity index (χ3n) is 1.66. The summed E-state index contributed by atoms with van der Waals surface area (Å²) in [7, 11) is 0. The van der Waals surface area contributed by atoms with Gasteiger partial charge in [-0.3, -0.25) is 9.59 Å². The van der Waals surface area contributed by atoms with Crippen molar-refractivity contribution < 1.29 is 27.6 Å². The highest BCUT2D eigenvalue weighted by molar-refractivity contribution is 6.25. The van der Waals surface area contributed by atoms with Crippen LogP contribution in [0.2, 0.25) is 0 Å². The van der Waals surface area contributed by atoms with Gasteiger partial charge in [0.25, 0.3) is 0 Å². The van der Waals surface area contributed by atoms with Gasteiger partial charge in [-0.05, 0) is 13.3 Å². The van der Waals surface area contributed by atoms with Crippen LogP contribution in [0.4, 0.5) is 13.2 Å². The molecule has 1 atom stereocenters. The minimum Gasteiger partial charge on any atom is -0.361 e. The first-order chi connectivity index (χ1) is 7.27. The predicted molar refractivity (Wildman–Crippen MR) is 47.6 cm³/mol. The second kappa shape index (κ2) is 6.02. The van der Waals surface area contributed by atoms with Gasteiger partial charge in [-0.2, -0.15) is 18.0 Å². The summed E-state index contributed by atoms with van der Waals surface area (Å²) in [5.74, 6) is -2.57. The standard InChI is InChI=1S/C8H10F3N3O2/c1-5(2-3-6(15)4-13-12)14-7(16)8(9,10)11/h4-5H,2-3H2,1H3,(H,14,16). The summed E-state index contributed by atoms with van der Waals surface area (Å²) in [5.41, 5.74) is 7.98. The van der Waals surface area contributed by atoms with Gasteiger partial charge in [0.1, 0.15) is 0 Å². The molecule has 0 radical (unpaired) electrons. The average molecular weight is 237 g/mol. The molecule has 0 spiro atoms. The Morgan fingerprint density at radius 2 is 2.06 bits per heavy atom. The zero-order chi connectivity index (χ0) is 12.8. The Kier molecular flexibility index (Phi) is 5.38. The summed E-state index contributed by atoms with van der Waals surface area (Å²) in [4.78, 5) is 23.7. The number of rotatable bonds is 5. The van der Waals surface area contributed by atoms with Crippen molar-refractivity contribution in [1.82, 2.24) is 5.32 Å². The number of halogens is 3. The maximum Gasteiger partial charge on any atom is 0.471 e. The van der Waals surface area contributed by atoms with E-state index < -0.39 is 23.9 Å². The molecule has 0 aromatic carbocycles. The molecule has 0 aliphatic heterocycles. The summed E-state index contributed by atoms with van der Waals surface area (Å²) in [6, 6.07) is -0.787. The SMILES string of the molecule is CC(CCC(=O)C=[N+]=[N-])NC(=O)C(F)(F)F. The van der Waals surface area contributed by atoms with Gasteiger partial charge >= 0.3 is 18.3 Å². The van der Waals surface area contributed by atoms with Crippen LogP contribution < -0.4 is 5.32 Å². The molecule has 0 aliphatic rings. The molecule has 1 unspecified atom stereocenters.